The molecule has 334 valence electrons. The summed E-state index contributed by atoms with van der Waals surface area (Å²) in [5.41, 5.74) is 18.5. The van der Waals surface area contributed by atoms with Crippen LogP contribution < -0.4 is 20.5 Å². The van der Waals surface area contributed by atoms with Crippen molar-refractivity contribution in [1.29, 1.82) is 0 Å². The van der Waals surface area contributed by atoms with Gasteiger partial charge in [-0.1, -0.05) is 141 Å². The lowest BCUT2D eigenvalue weighted by molar-refractivity contribution is 0.590. The van der Waals surface area contributed by atoms with Crippen LogP contribution in [-0.4, -0.2) is 11.8 Å². The fourth-order valence-electron chi connectivity index (χ4n) is 10.6. The third-order valence-electron chi connectivity index (χ3n) is 14.2. The summed E-state index contributed by atoms with van der Waals surface area (Å²) < 4.78 is 12.6. The zero-order chi connectivity index (χ0) is 46.9. The second-order valence-electron chi connectivity index (χ2n) is 21.9. The molecule has 1 aliphatic heterocycles. The second kappa shape index (κ2) is 15.2. The molecule has 1 aliphatic rings. The number of benzene rings is 8. The van der Waals surface area contributed by atoms with Gasteiger partial charge in [0, 0.05) is 60.2 Å². The first-order valence-electron chi connectivity index (χ1n) is 24.0. The maximum absolute atomic E-state index is 7.30. The standard InChI is InChI=1S/C62H56BN3OS/c1-60(2,3)37-24-28-40(29-25-37)64-48-31-30-43(65(41-18-12-10-13-19-41)42-20-14-11-15-21-42)36-45(48)52-53-44-22-16-17-23-50(44)67-58(53)54-46-34-38(61(4,5)6)26-32-49(46)66-56-47-35-39(62(7,8)9)27-33-51(47)68-59(56)63-55(52)57(54)66/h10-36,63-64H,1-9H3. The Labute approximate surface area is 404 Å². The predicted molar refractivity (Wildman–Crippen MR) is 296 cm³/mol. The molecule has 0 atom stereocenters. The van der Waals surface area contributed by atoms with Crippen LogP contribution in [0.1, 0.15) is 79.0 Å². The van der Waals surface area contributed by atoms with Crippen molar-refractivity contribution in [2.45, 2.75) is 78.6 Å². The van der Waals surface area contributed by atoms with Crippen molar-refractivity contribution in [2.24, 2.45) is 0 Å². The van der Waals surface area contributed by atoms with E-state index in [0.29, 0.717) is 0 Å². The summed E-state index contributed by atoms with van der Waals surface area (Å²) in [6, 6.07) is 60.5. The van der Waals surface area contributed by atoms with Crippen molar-refractivity contribution >= 4 is 111 Å². The van der Waals surface area contributed by atoms with E-state index in [-0.39, 0.29) is 16.2 Å². The van der Waals surface area contributed by atoms with E-state index in [1.165, 1.54) is 70.1 Å². The Morgan fingerprint density at radius 3 is 1.81 bits per heavy atom. The number of thiophene rings is 1. The molecule has 11 aromatic rings. The topological polar surface area (TPSA) is 33.3 Å². The summed E-state index contributed by atoms with van der Waals surface area (Å²) in [4.78, 5) is 2.38. The highest BCUT2D eigenvalue weighted by Gasteiger charge is 2.35. The Morgan fingerprint density at radius 2 is 1.15 bits per heavy atom. The third kappa shape index (κ3) is 6.78. The Morgan fingerprint density at radius 1 is 0.544 bits per heavy atom. The van der Waals surface area contributed by atoms with Crippen LogP contribution >= 0.6 is 11.3 Å². The van der Waals surface area contributed by atoms with E-state index in [1.807, 2.05) is 11.3 Å². The number of hydrogen-bond donors (Lipinski definition) is 1. The Kier molecular flexibility index (Phi) is 9.50. The summed E-state index contributed by atoms with van der Waals surface area (Å²) >= 11 is 1.95. The van der Waals surface area contributed by atoms with Crippen molar-refractivity contribution in [2.75, 3.05) is 10.2 Å². The number of aromatic nitrogens is 1. The minimum absolute atomic E-state index is 0.00768. The van der Waals surface area contributed by atoms with Gasteiger partial charge in [0.15, 0.2) is 0 Å². The zero-order valence-electron chi connectivity index (χ0n) is 40.5. The predicted octanol–water partition coefficient (Wildman–Crippen LogP) is 16.4. The molecule has 1 N–H and O–H groups in total. The van der Waals surface area contributed by atoms with Crippen molar-refractivity contribution in [1.82, 2.24) is 4.57 Å². The minimum Gasteiger partial charge on any atom is -0.455 e. The summed E-state index contributed by atoms with van der Waals surface area (Å²) in [6.07, 6.45) is 0. The first-order chi connectivity index (χ1) is 32.6. The third-order valence-corrected chi connectivity index (χ3v) is 15.4. The van der Waals surface area contributed by atoms with Gasteiger partial charge < -0.3 is 19.2 Å². The Hall–Kier alpha value is -7.02. The van der Waals surface area contributed by atoms with E-state index in [9.17, 15) is 0 Å². The zero-order valence-corrected chi connectivity index (χ0v) is 41.3. The maximum Gasteiger partial charge on any atom is 0.211 e. The van der Waals surface area contributed by atoms with Gasteiger partial charge in [0.05, 0.1) is 22.1 Å². The monoisotopic (exact) mass is 901 g/mol. The molecule has 68 heavy (non-hydrogen) atoms. The molecule has 0 amide bonds. The van der Waals surface area contributed by atoms with E-state index >= 15 is 0 Å². The van der Waals surface area contributed by atoms with Crippen molar-refractivity contribution in [3.63, 3.8) is 0 Å². The Balaban J connectivity index is 1.24. The number of rotatable bonds is 6. The highest BCUT2D eigenvalue weighted by Crippen LogP contribution is 2.50. The van der Waals surface area contributed by atoms with Crippen molar-refractivity contribution in [3.8, 4) is 16.8 Å². The van der Waals surface area contributed by atoms with E-state index in [2.05, 4.69) is 241 Å². The average Bonchev–Trinajstić information content (AvgIpc) is 3.99. The lowest BCUT2D eigenvalue weighted by atomic mass is 9.62. The maximum atomic E-state index is 7.30. The summed E-state index contributed by atoms with van der Waals surface area (Å²) in [6.45, 7) is 20.7. The molecule has 0 bridgehead atoms. The molecule has 0 fully saturated rings. The van der Waals surface area contributed by atoms with Gasteiger partial charge in [0.1, 0.15) is 11.2 Å². The van der Waals surface area contributed by atoms with E-state index in [4.69, 9.17) is 4.42 Å². The van der Waals surface area contributed by atoms with Gasteiger partial charge in [-0.25, -0.2) is 0 Å². The minimum atomic E-state index is -0.0458. The highest BCUT2D eigenvalue weighted by atomic mass is 32.1. The van der Waals surface area contributed by atoms with Gasteiger partial charge in [-0.05, 0) is 134 Å². The molecule has 3 aromatic heterocycles. The quantitative estimate of drug-likeness (QED) is 0.169. The van der Waals surface area contributed by atoms with E-state index in [0.717, 1.165) is 63.2 Å². The number of fused-ring (bicyclic) bond motifs is 11. The van der Waals surface area contributed by atoms with Crippen LogP contribution in [0, 0.1) is 0 Å². The molecule has 6 heteroatoms. The molecule has 4 heterocycles. The molecular formula is C62H56BN3OS. The number of hydrogen-bond acceptors (Lipinski definition) is 4. The Bertz CT molecular complexity index is 3740. The lowest BCUT2D eigenvalue weighted by Gasteiger charge is -2.28. The largest absolute Gasteiger partial charge is 0.455 e. The van der Waals surface area contributed by atoms with Gasteiger partial charge in [-0.15, -0.1) is 11.3 Å². The van der Waals surface area contributed by atoms with Crippen molar-refractivity contribution < 1.29 is 4.42 Å². The summed E-state index contributed by atoms with van der Waals surface area (Å²) in [5.74, 6) is 0. The molecule has 0 unspecified atom stereocenters. The fourth-order valence-corrected chi connectivity index (χ4v) is 11.8. The van der Waals surface area contributed by atoms with Crippen molar-refractivity contribution in [3.05, 3.63) is 180 Å². The van der Waals surface area contributed by atoms with Gasteiger partial charge in [-0.3, -0.25) is 0 Å². The van der Waals surface area contributed by atoms with E-state index < -0.39 is 0 Å². The first-order valence-corrected chi connectivity index (χ1v) is 24.9. The molecular weight excluding hydrogens is 846 g/mol. The fraction of sp³-hybridized carbons (Fsp3) is 0.194. The molecule has 4 nitrogen and oxygen atoms in total. The van der Waals surface area contributed by atoms with Crippen LogP contribution in [0.2, 0.25) is 0 Å². The molecule has 12 rings (SSSR count). The normalized spacial score (nSPS) is 12.9. The van der Waals surface area contributed by atoms with Crippen LogP contribution in [0.25, 0.3) is 70.6 Å². The van der Waals surface area contributed by atoms with Crippen LogP contribution in [0.3, 0.4) is 0 Å². The highest BCUT2D eigenvalue weighted by molar-refractivity contribution is 7.29. The number of nitrogens with one attached hydrogen (secondary N) is 1. The van der Waals surface area contributed by atoms with Crippen LogP contribution in [0.5, 0.6) is 0 Å². The van der Waals surface area contributed by atoms with E-state index in [1.54, 1.807) is 0 Å². The molecule has 0 spiro atoms. The van der Waals surface area contributed by atoms with Gasteiger partial charge in [-0.2, -0.15) is 0 Å². The molecule has 0 radical (unpaired) electrons. The number of anilines is 5. The number of furan rings is 1. The number of para-hydroxylation sites is 3. The van der Waals surface area contributed by atoms with Gasteiger partial charge in [0.2, 0.25) is 7.28 Å². The van der Waals surface area contributed by atoms with Gasteiger partial charge >= 0.3 is 0 Å². The second-order valence-corrected chi connectivity index (χ2v) is 23.0. The van der Waals surface area contributed by atoms with Crippen LogP contribution in [0.15, 0.2) is 168 Å². The number of nitrogens with zero attached hydrogens (tertiary/aromatic N) is 2. The molecule has 0 aliphatic carbocycles. The molecule has 8 aromatic carbocycles. The SMILES string of the molecule is CC(C)(C)c1ccc(Nc2ccc(N(c3ccccc3)c3ccccc3)cc2-c2c3c4c(c5cc(C(C)(C)C)ccc5n4-c4c(sc5ccc(C(C)(C)C)cc45)B3)c3oc4ccccc4c23)cc1. The van der Waals surface area contributed by atoms with Gasteiger partial charge in [0.25, 0.3) is 0 Å². The van der Waals surface area contributed by atoms with Crippen LogP contribution in [-0.2, 0) is 16.2 Å². The summed E-state index contributed by atoms with van der Waals surface area (Å²) in [7, 11) is 0.786. The smallest absolute Gasteiger partial charge is 0.211 e. The molecule has 0 saturated carbocycles. The molecule has 0 saturated heterocycles. The average molecular weight is 902 g/mol. The summed E-state index contributed by atoms with van der Waals surface area (Å²) in [5, 5.41) is 9.99. The lowest BCUT2D eigenvalue weighted by Crippen LogP contribution is -2.35. The first kappa shape index (κ1) is 42.3. The van der Waals surface area contributed by atoms with Crippen LogP contribution in [0.4, 0.5) is 28.4 Å².